The maximum Gasteiger partial charge on any atom is 0.220 e. The van der Waals surface area contributed by atoms with E-state index in [4.69, 9.17) is 0 Å². The van der Waals surface area contributed by atoms with Crippen molar-refractivity contribution < 1.29 is 9.90 Å². The zero-order chi connectivity index (χ0) is 15.2. The van der Waals surface area contributed by atoms with Gasteiger partial charge in [-0.15, -0.1) is 0 Å². The van der Waals surface area contributed by atoms with Crippen molar-refractivity contribution in [2.75, 3.05) is 6.54 Å². The highest BCUT2D eigenvalue weighted by Gasteiger charge is 2.20. The maximum atomic E-state index is 11.8. The van der Waals surface area contributed by atoms with E-state index in [0.717, 1.165) is 6.42 Å². The fourth-order valence-electron chi connectivity index (χ4n) is 2.31. The lowest BCUT2D eigenvalue weighted by Crippen LogP contribution is -2.35. The smallest absolute Gasteiger partial charge is 0.220 e. The first-order valence-corrected chi connectivity index (χ1v) is 7.29. The summed E-state index contributed by atoms with van der Waals surface area (Å²) in [5.74, 6) is 0.0734. The zero-order valence-corrected chi connectivity index (χ0v) is 13.1. The van der Waals surface area contributed by atoms with E-state index in [1.54, 1.807) is 6.92 Å². The molecule has 2 N–H and O–H groups in total. The minimum absolute atomic E-state index is 0.0734. The summed E-state index contributed by atoms with van der Waals surface area (Å²) >= 11 is 0. The largest absolute Gasteiger partial charge is 0.393 e. The van der Waals surface area contributed by atoms with E-state index in [9.17, 15) is 9.90 Å². The van der Waals surface area contributed by atoms with E-state index >= 15 is 0 Å². The van der Waals surface area contributed by atoms with Crippen molar-refractivity contribution >= 4 is 5.91 Å². The molecule has 0 radical (unpaired) electrons. The lowest BCUT2D eigenvalue weighted by Gasteiger charge is -2.26. The van der Waals surface area contributed by atoms with Crippen molar-refractivity contribution in [3.05, 3.63) is 35.4 Å². The van der Waals surface area contributed by atoms with Gasteiger partial charge in [-0.05, 0) is 37.7 Å². The van der Waals surface area contributed by atoms with Crippen LogP contribution in [0.2, 0.25) is 0 Å². The molecule has 0 bridgehead atoms. The molecular formula is C17H27NO2. The number of benzene rings is 1. The number of hydrogen-bond acceptors (Lipinski definition) is 2. The number of aliphatic hydroxyl groups is 1. The first-order valence-electron chi connectivity index (χ1n) is 7.29. The summed E-state index contributed by atoms with van der Waals surface area (Å²) in [5, 5.41) is 12.4. The molecule has 3 nitrogen and oxygen atoms in total. The Morgan fingerprint density at radius 1 is 1.30 bits per heavy atom. The molecule has 1 aromatic rings. The van der Waals surface area contributed by atoms with E-state index in [1.807, 2.05) is 0 Å². The van der Waals surface area contributed by atoms with Crippen molar-refractivity contribution in [1.82, 2.24) is 5.32 Å². The second kappa shape index (κ2) is 7.44. The van der Waals surface area contributed by atoms with Crippen LogP contribution in [0.1, 0.15) is 44.7 Å². The highest BCUT2D eigenvalue weighted by molar-refractivity contribution is 5.76. The van der Waals surface area contributed by atoms with Gasteiger partial charge in [-0.1, -0.05) is 43.7 Å². The van der Waals surface area contributed by atoms with E-state index in [2.05, 4.69) is 50.4 Å². The first-order chi connectivity index (χ1) is 9.28. The molecule has 0 aliphatic carbocycles. The Bertz CT molecular complexity index is 421. The summed E-state index contributed by atoms with van der Waals surface area (Å²) in [4.78, 5) is 11.8. The van der Waals surface area contributed by atoms with E-state index in [0.29, 0.717) is 19.4 Å². The summed E-state index contributed by atoms with van der Waals surface area (Å²) in [6, 6.07) is 8.28. The van der Waals surface area contributed by atoms with Crippen LogP contribution in [0, 0.1) is 12.3 Å². The third-order valence-corrected chi connectivity index (χ3v) is 3.37. The van der Waals surface area contributed by atoms with Crippen molar-refractivity contribution in [1.29, 1.82) is 0 Å². The number of hydrogen-bond donors (Lipinski definition) is 2. The zero-order valence-electron chi connectivity index (χ0n) is 13.1. The third-order valence-electron chi connectivity index (χ3n) is 3.37. The van der Waals surface area contributed by atoms with Crippen LogP contribution in [0.5, 0.6) is 0 Å². The van der Waals surface area contributed by atoms with Gasteiger partial charge in [0.25, 0.3) is 0 Å². The van der Waals surface area contributed by atoms with Gasteiger partial charge in [-0.25, -0.2) is 0 Å². The predicted molar refractivity (Wildman–Crippen MR) is 82.6 cm³/mol. The van der Waals surface area contributed by atoms with Crippen molar-refractivity contribution in [3.63, 3.8) is 0 Å². The Hall–Kier alpha value is -1.35. The minimum Gasteiger partial charge on any atom is -0.393 e. The topological polar surface area (TPSA) is 49.3 Å². The van der Waals surface area contributed by atoms with Crippen molar-refractivity contribution in [2.45, 2.75) is 53.1 Å². The second-order valence-electron chi connectivity index (χ2n) is 6.48. The van der Waals surface area contributed by atoms with Crippen LogP contribution in [0.4, 0.5) is 0 Å². The van der Waals surface area contributed by atoms with Crippen LogP contribution in [0.25, 0.3) is 0 Å². The fraction of sp³-hybridized carbons (Fsp3) is 0.588. The van der Waals surface area contributed by atoms with Gasteiger partial charge >= 0.3 is 0 Å². The van der Waals surface area contributed by atoms with Crippen molar-refractivity contribution in [2.24, 2.45) is 5.41 Å². The summed E-state index contributed by atoms with van der Waals surface area (Å²) in [5.41, 5.74) is 2.35. The molecule has 1 aromatic carbocycles. The SMILES string of the molecule is Cc1ccc(CCC(=O)NCC(C)(C)CC(C)O)cc1. The summed E-state index contributed by atoms with van der Waals surface area (Å²) in [6.07, 6.45) is 1.62. The summed E-state index contributed by atoms with van der Waals surface area (Å²) < 4.78 is 0. The molecule has 1 atom stereocenters. The monoisotopic (exact) mass is 277 g/mol. The molecule has 0 saturated carbocycles. The molecule has 0 spiro atoms. The molecular weight excluding hydrogens is 250 g/mol. The molecule has 0 saturated heterocycles. The fourth-order valence-corrected chi connectivity index (χ4v) is 2.31. The molecule has 112 valence electrons. The number of aryl methyl sites for hydroxylation is 2. The normalized spacial score (nSPS) is 13.1. The molecule has 1 unspecified atom stereocenters. The Morgan fingerprint density at radius 3 is 2.45 bits per heavy atom. The average Bonchev–Trinajstić information content (AvgIpc) is 2.34. The standard InChI is InChI=1S/C17H27NO2/c1-13-5-7-15(8-6-13)9-10-16(20)18-12-17(3,4)11-14(2)19/h5-8,14,19H,9-12H2,1-4H3,(H,18,20). The average molecular weight is 277 g/mol. The Kier molecular flexibility index (Phi) is 6.21. The van der Waals surface area contributed by atoms with Crippen LogP contribution < -0.4 is 5.32 Å². The number of carbonyl (C=O) groups excluding carboxylic acids is 1. The van der Waals surface area contributed by atoms with E-state index < -0.39 is 0 Å². The van der Waals surface area contributed by atoms with Gasteiger partial charge in [0.05, 0.1) is 6.10 Å². The number of rotatable bonds is 7. The van der Waals surface area contributed by atoms with Crippen LogP contribution in [-0.4, -0.2) is 23.7 Å². The minimum atomic E-state index is -0.338. The van der Waals surface area contributed by atoms with Crippen LogP contribution >= 0.6 is 0 Å². The molecule has 3 heteroatoms. The molecule has 0 heterocycles. The third kappa shape index (κ3) is 6.71. The van der Waals surface area contributed by atoms with Gasteiger partial charge < -0.3 is 10.4 Å². The number of carbonyl (C=O) groups is 1. The highest BCUT2D eigenvalue weighted by Crippen LogP contribution is 2.21. The quantitative estimate of drug-likeness (QED) is 0.805. The molecule has 0 fully saturated rings. The van der Waals surface area contributed by atoms with Gasteiger partial charge in [-0.3, -0.25) is 4.79 Å². The van der Waals surface area contributed by atoms with Crippen LogP contribution in [0.15, 0.2) is 24.3 Å². The Balaban J connectivity index is 2.32. The Morgan fingerprint density at radius 2 is 1.90 bits per heavy atom. The van der Waals surface area contributed by atoms with Gasteiger partial charge in [0.2, 0.25) is 5.91 Å². The maximum absolute atomic E-state index is 11.8. The molecule has 0 aromatic heterocycles. The molecule has 0 aliphatic rings. The summed E-state index contributed by atoms with van der Waals surface area (Å²) in [7, 11) is 0. The predicted octanol–water partition coefficient (Wildman–Crippen LogP) is 2.84. The molecule has 1 amide bonds. The number of amides is 1. The summed E-state index contributed by atoms with van der Waals surface area (Å²) in [6.45, 7) is 8.55. The van der Waals surface area contributed by atoms with Crippen LogP contribution in [-0.2, 0) is 11.2 Å². The van der Waals surface area contributed by atoms with E-state index in [-0.39, 0.29) is 17.4 Å². The van der Waals surface area contributed by atoms with E-state index in [1.165, 1.54) is 11.1 Å². The first kappa shape index (κ1) is 16.7. The van der Waals surface area contributed by atoms with Gasteiger partial charge in [0.15, 0.2) is 0 Å². The van der Waals surface area contributed by atoms with Gasteiger partial charge in [-0.2, -0.15) is 0 Å². The molecule has 0 aliphatic heterocycles. The van der Waals surface area contributed by atoms with Gasteiger partial charge in [0.1, 0.15) is 0 Å². The Labute approximate surface area is 122 Å². The lowest BCUT2D eigenvalue weighted by atomic mass is 9.87. The van der Waals surface area contributed by atoms with Crippen molar-refractivity contribution in [3.8, 4) is 0 Å². The second-order valence-corrected chi connectivity index (χ2v) is 6.48. The van der Waals surface area contributed by atoms with Gasteiger partial charge in [0, 0.05) is 13.0 Å². The highest BCUT2D eigenvalue weighted by atomic mass is 16.3. The molecule has 20 heavy (non-hydrogen) atoms. The molecule has 1 rings (SSSR count). The van der Waals surface area contributed by atoms with Crippen LogP contribution in [0.3, 0.4) is 0 Å². The lowest BCUT2D eigenvalue weighted by molar-refractivity contribution is -0.121. The number of nitrogens with one attached hydrogen (secondary N) is 1. The number of aliphatic hydroxyl groups excluding tert-OH is 1.